The summed E-state index contributed by atoms with van der Waals surface area (Å²) in [6, 6.07) is 13.4. The molecule has 0 unspecified atom stereocenters. The van der Waals surface area contributed by atoms with E-state index in [1.165, 1.54) is 0 Å². The first-order valence-corrected chi connectivity index (χ1v) is 5.65. The van der Waals surface area contributed by atoms with Crippen LogP contribution in [-0.4, -0.2) is 17.8 Å². The zero-order chi connectivity index (χ0) is 12.8. The number of rotatable bonds is 4. The molecule has 0 amide bonds. The van der Waals surface area contributed by atoms with E-state index < -0.39 is 0 Å². The third-order valence-electron chi connectivity index (χ3n) is 2.49. The highest BCUT2D eigenvalue weighted by Gasteiger charge is 1.99. The molecule has 0 radical (unpaired) electrons. The van der Waals surface area contributed by atoms with Crippen LogP contribution >= 0.6 is 0 Å². The molecule has 1 aromatic carbocycles. The first-order valence-electron chi connectivity index (χ1n) is 5.65. The molecule has 0 fully saturated rings. The van der Waals surface area contributed by atoms with Crippen LogP contribution in [0.4, 0.5) is 5.82 Å². The Hall–Kier alpha value is -2.36. The van der Waals surface area contributed by atoms with Crippen molar-refractivity contribution in [1.29, 1.82) is 0 Å². The molecule has 1 heterocycles. The summed E-state index contributed by atoms with van der Waals surface area (Å²) in [5.41, 5.74) is 4.80. The Bertz CT molecular complexity index is 538. The number of benzene rings is 1. The number of hydrazone groups is 1. The molecule has 2 aromatic rings. The van der Waals surface area contributed by atoms with E-state index in [4.69, 9.17) is 4.74 Å². The first-order chi connectivity index (χ1) is 8.79. The molecule has 0 bridgehead atoms. The second kappa shape index (κ2) is 5.82. The van der Waals surface area contributed by atoms with Crippen molar-refractivity contribution in [2.45, 2.75) is 6.92 Å². The Kier molecular flexibility index (Phi) is 3.91. The van der Waals surface area contributed by atoms with Crippen molar-refractivity contribution in [2.75, 3.05) is 12.5 Å². The standard InChI is InChI=1S/C14H15N3O/c1-11(12-6-5-7-13(10-12)18-2)16-17-14-8-3-4-9-15-14/h3-10H,1-2H3,(H,15,17)/b16-11+. The minimum absolute atomic E-state index is 0.722. The van der Waals surface area contributed by atoms with Crippen LogP contribution in [0.25, 0.3) is 0 Å². The predicted octanol–water partition coefficient (Wildman–Crippen LogP) is 2.93. The molecule has 0 aliphatic carbocycles. The average Bonchev–Trinajstić information content (AvgIpc) is 2.46. The van der Waals surface area contributed by atoms with Crippen molar-refractivity contribution in [3.05, 3.63) is 54.2 Å². The number of aromatic nitrogens is 1. The topological polar surface area (TPSA) is 46.5 Å². The molecule has 18 heavy (non-hydrogen) atoms. The molecule has 1 aromatic heterocycles. The second-order valence-electron chi connectivity index (χ2n) is 3.76. The summed E-state index contributed by atoms with van der Waals surface area (Å²) in [6.45, 7) is 1.94. The normalized spacial score (nSPS) is 11.1. The molecule has 0 saturated carbocycles. The maximum atomic E-state index is 5.18. The van der Waals surface area contributed by atoms with Gasteiger partial charge in [0.05, 0.1) is 12.8 Å². The van der Waals surface area contributed by atoms with Crippen LogP contribution in [0.5, 0.6) is 5.75 Å². The van der Waals surface area contributed by atoms with Gasteiger partial charge in [0.2, 0.25) is 0 Å². The van der Waals surface area contributed by atoms with E-state index in [2.05, 4.69) is 15.5 Å². The maximum Gasteiger partial charge on any atom is 0.146 e. The van der Waals surface area contributed by atoms with Gasteiger partial charge >= 0.3 is 0 Å². The van der Waals surface area contributed by atoms with Crippen LogP contribution in [-0.2, 0) is 0 Å². The first kappa shape index (κ1) is 12.1. The lowest BCUT2D eigenvalue weighted by Gasteiger charge is -2.05. The van der Waals surface area contributed by atoms with Crippen LogP contribution in [0.3, 0.4) is 0 Å². The van der Waals surface area contributed by atoms with E-state index in [0.29, 0.717) is 0 Å². The number of nitrogens with zero attached hydrogens (tertiary/aromatic N) is 2. The fourth-order valence-electron chi connectivity index (χ4n) is 1.48. The van der Waals surface area contributed by atoms with Gasteiger partial charge in [-0.05, 0) is 31.2 Å². The van der Waals surface area contributed by atoms with E-state index in [-0.39, 0.29) is 0 Å². The minimum atomic E-state index is 0.722. The van der Waals surface area contributed by atoms with E-state index >= 15 is 0 Å². The van der Waals surface area contributed by atoms with Gasteiger partial charge in [-0.3, -0.25) is 5.43 Å². The summed E-state index contributed by atoms with van der Waals surface area (Å²) in [5.74, 6) is 1.54. The van der Waals surface area contributed by atoms with Gasteiger partial charge < -0.3 is 4.74 Å². The molecule has 92 valence electrons. The third kappa shape index (κ3) is 3.07. The van der Waals surface area contributed by atoms with E-state index in [0.717, 1.165) is 22.8 Å². The summed E-state index contributed by atoms with van der Waals surface area (Å²) >= 11 is 0. The quantitative estimate of drug-likeness (QED) is 0.661. The highest BCUT2D eigenvalue weighted by molar-refractivity contribution is 5.99. The number of hydrogen-bond acceptors (Lipinski definition) is 4. The van der Waals surface area contributed by atoms with Gasteiger partial charge in [0.25, 0.3) is 0 Å². The molecule has 2 rings (SSSR count). The summed E-state index contributed by atoms with van der Waals surface area (Å²) in [7, 11) is 1.65. The van der Waals surface area contributed by atoms with Gasteiger partial charge in [0.1, 0.15) is 11.6 Å². The third-order valence-corrected chi connectivity index (χ3v) is 2.49. The Morgan fingerprint density at radius 2 is 2.11 bits per heavy atom. The minimum Gasteiger partial charge on any atom is -0.497 e. The molecule has 0 aliphatic rings. The van der Waals surface area contributed by atoms with Gasteiger partial charge in [0, 0.05) is 11.8 Å². The molecule has 0 atom stereocenters. The SMILES string of the molecule is COc1cccc(/C(C)=N/Nc2ccccn2)c1. The second-order valence-corrected chi connectivity index (χ2v) is 3.76. The number of hydrogen-bond donors (Lipinski definition) is 1. The molecule has 0 aliphatic heterocycles. The summed E-state index contributed by atoms with van der Waals surface area (Å²) in [6.07, 6.45) is 1.72. The van der Waals surface area contributed by atoms with Crippen LogP contribution in [0.2, 0.25) is 0 Å². The lowest BCUT2D eigenvalue weighted by Crippen LogP contribution is -2.00. The van der Waals surface area contributed by atoms with E-state index in [1.54, 1.807) is 13.3 Å². The molecular weight excluding hydrogens is 226 g/mol. The average molecular weight is 241 g/mol. The Morgan fingerprint density at radius 1 is 1.22 bits per heavy atom. The summed E-state index contributed by atoms with van der Waals surface area (Å²) in [5, 5.41) is 4.29. The molecule has 4 heteroatoms. The predicted molar refractivity (Wildman–Crippen MR) is 73.1 cm³/mol. The maximum absolute atomic E-state index is 5.18. The smallest absolute Gasteiger partial charge is 0.146 e. The van der Waals surface area contributed by atoms with Gasteiger partial charge in [-0.1, -0.05) is 18.2 Å². The van der Waals surface area contributed by atoms with Crippen LogP contribution in [0, 0.1) is 0 Å². The van der Waals surface area contributed by atoms with E-state index in [1.807, 2.05) is 49.4 Å². The largest absolute Gasteiger partial charge is 0.497 e. The zero-order valence-corrected chi connectivity index (χ0v) is 10.4. The Morgan fingerprint density at radius 3 is 2.83 bits per heavy atom. The fraction of sp³-hybridized carbons (Fsp3) is 0.143. The lowest BCUT2D eigenvalue weighted by atomic mass is 10.1. The van der Waals surface area contributed by atoms with Crippen molar-refractivity contribution >= 4 is 11.5 Å². The van der Waals surface area contributed by atoms with Gasteiger partial charge in [-0.25, -0.2) is 4.98 Å². The van der Waals surface area contributed by atoms with Gasteiger partial charge in [-0.15, -0.1) is 0 Å². The van der Waals surface area contributed by atoms with Gasteiger partial charge in [-0.2, -0.15) is 5.10 Å². The summed E-state index contributed by atoms with van der Waals surface area (Å²) < 4.78 is 5.18. The van der Waals surface area contributed by atoms with Crippen molar-refractivity contribution in [1.82, 2.24) is 4.98 Å². The van der Waals surface area contributed by atoms with Crippen molar-refractivity contribution in [3.8, 4) is 5.75 Å². The van der Waals surface area contributed by atoms with Crippen molar-refractivity contribution in [2.24, 2.45) is 5.10 Å². The zero-order valence-electron chi connectivity index (χ0n) is 10.4. The molecule has 0 spiro atoms. The molecule has 1 N–H and O–H groups in total. The highest BCUT2D eigenvalue weighted by atomic mass is 16.5. The van der Waals surface area contributed by atoms with Crippen LogP contribution in [0.1, 0.15) is 12.5 Å². The fourth-order valence-corrected chi connectivity index (χ4v) is 1.48. The number of anilines is 1. The molecule has 0 saturated heterocycles. The van der Waals surface area contributed by atoms with Crippen molar-refractivity contribution in [3.63, 3.8) is 0 Å². The highest BCUT2D eigenvalue weighted by Crippen LogP contribution is 2.13. The van der Waals surface area contributed by atoms with Crippen LogP contribution in [0.15, 0.2) is 53.8 Å². The van der Waals surface area contributed by atoms with Crippen molar-refractivity contribution < 1.29 is 4.74 Å². The Balaban J connectivity index is 2.12. The van der Waals surface area contributed by atoms with Gasteiger partial charge in [0.15, 0.2) is 0 Å². The van der Waals surface area contributed by atoms with E-state index in [9.17, 15) is 0 Å². The number of pyridine rings is 1. The molecular formula is C14H15N3O. The lowest BCUT2D eigenvalue weighted by molar-refractivity contribution is 0.414. The Labute approximate surface area is 106 Å². The summed E-state index contributed by atoms with van der Waals surface area (Å²) in [4.78, 5) is 4.14. The monoisotopic (exact) mass is 241 g/mol. The number of methoxy groups -OCH3 is 1. The molecule has 4 nitrogen and oxygen atoms in total. The number of nitrogens with one attached hydrogen (secondary N) is 1. The number of ether oxygens (including phenoxy) is 1. The van der Waals surface area contributed by atoms with Crippen LogP contribution < -0.4 is 10.2 Å².